The lowest BCUT2D eigenvalue weighted by molar-refractivity contribution is -0.121. The van der Waals surface area contributed by atoms with Crippen LogP contribution in [0.5, 0.6) is 0 Å². The third-order valence-corrected chi connectivity index (χ3v) is 5.18. The summed E-state index contributed by atoms with van der Waals surface area (Å²) < 4.78 is 6.72. The second kappa shape index (κ2) is 7.20. The van der Waals surface area contributed by atoms with Crippen molar-refractivity contribution >= 4 is 17.0 Å². The van der Waals surface area contributed by atoms with Gasteiger partial charge in [0.05, 0.1) is 5.52 Å². The summed E-state index contributed by atoms with van der Waals surface area (Å²) >= 11 is 0. The first-order chi connectivity index (χ1) is 12.7. The van der Waals surface area contributed by atoms with Gasteiger partial charge in [0.1, 0.15) is 0 Å². The molecule has 0 radical (unpaired) electrons. The molecular formula is C21H22N2O3. The van der Waals surface area contributed by atoms with Gasteiger partial charge in [-0.2, -0.15) is 0 Å². The highest BCUT2D eigenvalue weighted by atomic mass is 16.4. The fourth-order valence-electron chi connectivity index (χ4n) is 3.83. The minimum absolute atomic E-state index is 0.0368. The van der Waals surface area contributed by atoms with E-state index in [1.165, 1.54) is 15.7 Å². The van der Waals surface area contributed by atoms with E-state index < -0.39 is 5.76 Å². The maximum atomic E-state index is 12.3. The maximum Gasteiger partial charge on any atom is 0.419 e. The van der Waals surface area contributed by atoms with E-state index in [4.69, 9.17) is 4.42 Å². The average molecular weight is 350 g/mol. The van der Waals surface area contributed by atoms with Crippen molar-refractivity contribution in [2.24, 2.45) is 0 Å². The Morgan fingerprint density at radius 2 is 1.96 bits per heavy atom. The molecule has 2 aromatic carbocycles. The predicted octanol–water partition coefficient (Wildman–Crippen LogP) is 3.22. The number of nitrogens with zero attached hydrogens (tertiary/aromatic N) is 1. The first-order valence-corrected chi connectivity index (χ1v) is 9.15. The highest BCUT2D eigenvalue weighted by molar-refractivity contribution is 5.76. The summed E-state index contributed by atoms with van der Waals surface area (Å²) in [5, 5.41) is 3.04. The minimum atomic E-state index is -0.416. The Kier molecular flexibility index (Phi) is 4.61. The van der Waals surface area contributed by atoms with E-state index in [-0.39, 0.29) is 12.3 Å². The molecule has 26 heavy (non-hydrogen) atoms. The lowest BCUT2D eigenvalue weighted by atomic mass is 9.83. The van der Waals surface area contributed by atoms with Crippen LogP contribution in [-0.4, -0.2) is 17.0 Å². The van der Waals surface area contributed by atoms with Crippen LogP contribution in [0.1, 0.15) is 36.3 Å². The van der Waals surface area contributed by atoms with Crippen molar-refractivity contribution in [2.75, 3.05) is 6.54 Å². The number of para-hydroxylation sites is 2. The molecule has 0 saturated carbocycles. The topological polar surface area (TPSA) is 64.2 Å². The second-order valence-electron chi connectivity index (χ2n) is 6.83. The van der Waals surface area contributed by atoms with Gasteiger partial charge in [-0.25, -0.2) is 4.79 Å². The number of rotatable bonds is 5. The Bertz CT molecular complexity index is 986. The standard InChI is InChI=1S/C21H22N2O3/c24-20(12-13-23-18-10-3-4-11-19(18)26-21(23)25)22-14-16-8-5-7-15-6-1-2-9-17(15)16/h1-4,6,9-11,16H,5,7-8,12-14H2,(H,22,24)/t16-/m1/s1. The van der Waals surface area contributed by atoms with Gasteiger partial charge in [-0.3, -0.25) is 9.36 Å². The van der Waals surface area contributed by atoms with Crippen LogP contribution in [0, 0.1) is 0 Å². The average Bonchev–Trinajstić information content (AvgIpc) is 2.99. The zero-order valence-electron chi connectivity index (χ0n) is 14.6. The first-order valence-electron chi connectivity index (χ1n) is 9.15. The largest absolute Gasteiger partial charge is 0.419 e. The monoisotopic (exact) mass is 350 g/mol. The zero-order chi connectivity index (χ0) is 17.9. The molecule has 0 unspecified atom stereocenters. The number of hydrogen-bond acceptors (Lipinski definition) is 3. The van der Waals surface area contributed by atoms with E-state index in [2.05, 4.69) is 29.6 Å². The Morgan fingerprint density at radius 1 is 1.15 bits per heavy atom. The molecule has 1 heterocycles. The van der Waals surface area contributed by atoms with E-state index >= 15 is 0 Å². The van der Waals surface area contributed by atoms with Crippen LogP contribution in [0.15, 0.2) is 57.7 Å². The van der Waals surface area contributed by atoms with Gasteiger partial charge in [-0.05, 0) is 42.5 Å². The number of aryl methyl sites for hydroxylation is 2. The molecule has 1 aliphatic carbocycles. The molecule has 4 rings (SSSR count). The molecule has 0 spiro atoms. The zero-order valence-corrected chi connectivity index (χ0v) is 14.6. The van der Waals surface area contributed by atoms with Crippen molar-refractivity contribution < 1.29 is 9.21 Å². The fraction of sp³-hybridized carbons (Fsp3) is 0.333. The summed E-state index contributed by atoms with van der Waals surface area (Å²) in [7, 11) is 0. The molecule has 5 nitrogen and oxygen atoms in total. The van der Waals surface area contributed by atoms with Crippen LogP contribution in [0.2, 0.25) is 0 Å². The molecule has 0 bridgehead atoms. The molecule has 0 saturated heterocycles. The third-order valence-electron chi connectivity index (χ3n) is 5.18. The number of carbonyl (C=O) groups is 1. The molecule has 1 atom stereocenters. The van der Waals surface area contributed by atoms with Crippen LogP contribution in [0.4, 0.5) is 0 Å². The van der Waals surface area contributed by atoms with Gasteiger partial charge in [-0.15, -0.1) is 0 Å². The molecule has 1 amide bonds. The Labute approximate surface area is 151 Å². The van der Waals surface area contributed by atoms with Crippen molar-refractivity contribution in [3.05, 3.63) is 70.2 Å². The molecule has 1 aromatic heterocycles. The van der Waals surface area contributed by atoms with Gasteiger partial charge in [-0.1, -0.05) is 36.4 Å². The van der Waals surface area contributed by atoms with Crippen molar-refractivity contribution in [2.45, 2.75) is 38.1 Å². The van der Waals surface area contributed by atoms with Crippen molar-refractivity contribution in [1.82, 2.24) is 9.88 Å². The van der Waals surface area contributed by atoms with Crippen LogP contribution >= 0.6 is 0 Å². The molecule has 1 aliphatic rings. The number of amides is 1. The SMILES string of the molecule is O=C(CCn1c(=O)oc2ccccc21)NC[C@H]1CCCc2ccccc21. The fourth-order valence-corrected chi connectivity index (χ4v) is 3.83. The van der Waals surface area contributed by atoms with E-state index in [0.717, 1.165) is 24.8 Å². The molecular weight excluding hydrogens is 328 g/mol. The van der Waals surface area contributed by atoms with Crippen LogP contribution in [-0.2, 0) is 17.8 Å². The lowest BCUT2D eigenvalue weighted by Crippen LogP contribution is -2.31. The summed E-state index contributed by atoms with van der Waals surface area (Å²) in [4.78, 5) is 24.2. The normalized spacial score (nSPS) is 16.4. The predicted molar refractivity (Wildman–Crippen MR) is 100 cm³/mol. The van der Waals surface area contributed by atoms with Crippen molar-refractivity contribution in [3.8, 4) is 0 Å². The summed E-state index contributed by atoms with van der Waals surface area (Å²) in [6.45, 7) is 0.972. The Hall–Kier alpha value is -2.82. The van der Waals surface area contributed by atoms with Gasteiger partial charge >= 0.3 is 5.76 Å². The van der Waals surface area contributed by atoms with Crippen molar-refractivity contribution in [1.29, 1.82) is 0 Å². The Morgan fingerprint density at radius 3 is 2.88 bits per heavy atom. The number of aromatic nitrogens is 1. The van der Waals surface area contributed by atoms with Crippen LogP contribution in [0.25, 0.3) is 11.1 Å². The summed E-state index contributed by atoms with van der Waals surface area (Å²) in [6, 6.07) is 15.8. The first kappa shape index (κ1) is 16.6. The Balaban J connectivity index is 1.36. The number of hydrogen-bond donors (Lipinski definition) is 1. The summed E-state index contributed by atoms with van der Waals surface area (Å²) in [5.74, 6) is -0.0770. The molecule has 134 valence electrons. The van der Waals surface area contributed by atoms with Crippen molar-refractivity contribution in [3.63, 3.8) is 0 Å². The highest BCUT2D eigenvalue weighted by Crippen LogP contribution is 2.30. The molecule has 5 heteroatoms. The molecule has 0 aliphatic heterocycles. The van der Waals surface area contributed by atoms with Crippen LogP contribution in [0.3, 0.4) is 0 Å². The van der Waals surface area contributed by atoms with E-state index in [9.17, 15) is 9.59 Å². The van der Waals surface area contributed by atoms with Gasteiger partial charge in [0.15, 0.2) is 5.58 Å². The third kappa shape index (κ3) is 3.29. The van der Waals surface area contributed by atoms with Gasteiger partial charge in [0, 0.05) is 25.4 Å². The van der Waals surface area contributed by atoms with Gasteiger partial charge in [0.25, 0.3) is 0 Å². The number of benzene rings is 2. The number of carbonyl (C=O) groups excluding carboxylic acids is 1. The maximum absolute atomic E-state index is 12.3. The minimum Gasteiger partial charge on any atom is -0.408 e. The number of nitrogens with one attached hydrogen (secondary N) is 1. The second-order valence-corrected chi connectivity index (χ2v) is 6.83. The highest BCUT2D eigenvalue weighted by Gasteiger charge is 2.20. The number of fused-ring (bicyclic) bond motifs is 2. The van der Waals surface area contributed by atoms with Crippen LogP contribution < -0.4 is 11.1 Å². The van der Waals surface area contributed by atoms with E-state index in [1.807, 2.05) is 18.2 Å². The molecule has 1 N–H and O–H groups in total. The van der Waals surface area contributed by atoms with E-state index in [1.54, 1.807) is 6.07 Å². The summed E-state index contributed by atoms with van der Waals surface area (Å²) in [6.07, 6.45) is 3.64. The molecule has 0 fully saturated rings. The number of oxazole rings is 1. The summed E-state index contributed by atoms with van der Waals surface area (Å²) in [5.41, 5.74) is 4.04. The smallest absolute Gasteiger partial charge is 0.408 e. The molecule has 3 aromatic rings. The van der Waals surface area contributed by atoms with Gasteiger partial charge < -0.3 is 9.73 Å². The quantitative estimate of drug-likeness (QED) is 0.768. The van der Waals surface area contributed by atoms with Gasteiger partial charge in [0.2, 0.25) is 5.91 Å². The lowest BCUT2D eigenvalue weighted by Gasteiger charge is -2.25. The van der Waals surface area contributed by atoms with E-state index in [0.29, 0.717) is 24.6 Å².